The quantitative estimate of drug-likeness (QED) is 0.184. The van der Waals surface area contributed by atoms with Gasteiger partial charge in [-0.05, 0) is 110 Å². The van der Waals surface area contributed by atoms with Gasteiger partial charge in [0.1, 0.15) is 0 Å². The van der Waals surface area contributed by atoms with Crippen molar-refractivity contribution in [2.75, 3.05) is 0 Å². The molecule has 0 bridgehead atoms. The van der Waals surface area contributed by atoms with Gasteiger partial charge in [-0.15, -0.1) is 0 Å². The minimum absolute atomic E-state index is 0.656. The molecule has 0 amide bonds. The van der Waals surface area contributed by atoms with E-state index in [0.717, 1.165) is 50.2 Å². The lowest BCUT2D eigenvalue weighted by atomic mass is 9.90. The van der Waals surface area contributed by atoms with Crippen molar-refractivity contribution in [3.05, 3.63) is 169 Å². The van der Waals surface area contributed by atoms with Gasteiger partial charge in [-0.25, -0.2) is 4.98 Å². The molecule has 0 radical (unpaired) electrons. The summed E-state index contributed by atoms with van der Waals surface area (Å²) in [5.41, 5.74) is 10.4. The predicted molar refractivity (Wildman–Crippen MR) is 203 cm³/mol. The van der Waals surface area contributed by atoms with Gasteiger partial charge in [0, 0.05) is 27.6 Å². The molecule has 0 saturated heterocycles. The van der Waals surface area contributed by atoms with Gasteiger partial charge in [0.2, 0.25) is 0 Å². The van der Waals surface area contributed by atoms with Crippen molar-refractivity contribution >= 4 is 54.1 Å². The zero-order chi connectivity index (χ0) is 32.5. The summed E-state index contributed by atoms with van der Waals surface area (Å²) < 4.78 is 2.28. The van der Waals surface area contributed by atoms with Gasteiger partial charge in [0.05, 0.1) is 34.1 Å². The summed E-state index contributed by atoms with van der Waals surface area (Å²) in [6.45, 7) is 0. The molecule has 0 aliphatic heterocycles. The number of rotatable bonds is 4. The molecule has 0 spiro atoms. The van der Waals surface area contributed by atoms with Gasteiger partial charge in [-0.1, -0.05) is 97.1 Å². The van der Waals surface area contributed by atoms with Crippen LogP contribution >= 0.6 is 0 Å². The zero-order valence-corrected chi connectivity index (χ0v) is 26.4. The van der Waals surface area contributed by atoms with Crippen LogP contribution in [0.25, 0.3) is 93.5 Å². The monoisotopic (exact) mass is 621 g/mol. The lowest BCUT2D eigenvalue weighted by Crippen LogP contribution is -1.94. The first-order valence-electron chi connectivity index (χ1n) is 16.5. The van der Waals surface area contributed by atoms with Gasteiger partial charge in [-0.3, -0.25) is 0 Å². The third kappa shape index (κ3) is 4.32. The Morgan fingerprint density at radius 3 is 1.61 bits per heavy atom. The van der Waals surface area contributed by atoms with Gasteiger partial charge < -0.3 is 4.57 Å². The van der Waals surface area contributed by atoms with Crippen LogP contribution in [0, 0.1) is 11.3 Å². The van der Waals surface area contributed by atoms with E-state index in [1.165, 1.54) is 43.3 Å². The Hall–Kier alpha value is -6.76. The van der Waals surface area contributed by atoms with E-state index in [1.807, 2.05) is 24.3 Å². The highest BCUT2D eigenvalue weighted by Gasteiger charge is 2.16. The highest BCUT2D eigenvalue weighted by atomic mass is 15.0. The Morgan fingerprint density at radius 1 is 0.429 bits per heavy atom. The molecular weight excluding hydrogens is 595 g/mol. The van der Waals surface area contributed by atoms with Crippen LogP contribution in [-0.4, -0.2) is 9.55 Å². The molecule has 10 aromatic rings. The molecule has 0 aliphatic carbocycles. The van der Waals surface area contributed by atoms with E-state index >= 15 is 0 Å². The maximum absolute atomic E-state index is 9.68. The number of hydrogen-bond donors (Lipinski definition) is 0. The van der Waals surface area contributed by atoms with Gasteiger partial charge in [0.25, 0.3) is 0 Å². The Bertz CT molecular complexity index is 2860. The number of hydrogen-bond acceptors (Lipinski definition) is 2. The normalized spacial score (nSPS) is 11.7. The maximum Gasteiger partial charge on any atom is 0.0992 e. The number of pyridine rings is 1. The smallest absolute Gasteiger partial charge is 0.0992 e. The highest BCUT2D eigenvalue weighted by Crippen LogP contribution is 2.41. The van der Waals surface area contributed by atoms with E-state index < -0.39 is 0 Å². The first-order chi connectivity index (χ1) is 24.2. The van der Waals surface area contributed by atoms with Gasteiger partial charge in [0.15, 0.2) is 0 Å². The minimum Gasteiger partial charge on any atom is -0.309 e. The number of aromatic nitrogens is 2. The molecule has 0 aliphatic rings. The lowest BCUT2D eigenvalue weighted by Gasteiger charge is -2.15. The second kappa shape index (κ2) is 10.6. The lowest BCUT2D eigenvalue weighted by molar-refractivity contribution is 1.18. The van der Waals surface area contributed by atoms with Crippen molar-refractivity contribution in [3.8, 4) is 45.4 Å². The summed E-state index contributed by atoms with van der Waals surface area (Å²) in [7, 11) is 0. The number of fused-ring (bicyclic) bond motifs is 3. The number of nitriles is 1. The highest BCUT2D eigenvalue weighted by molar-refractivity contribution is 6.24. The molecule has 49 heavy (non-hydrogen) atoms. The van der Waals surface area contributed by atoms with Crippen LogP contribution in [-0.2, 0) is 0 Å². The van der Waals surface area contributed by atoms with E-state index in [-0.39, 0.29) is 0 Å². The van der Waals surface area contributed by atoms with E-state index in [9.17, 15) is 5.26 Å². The Labute approximate surface area is 282 Å². The molecule has 3 heteroatoms. The fourth-order valence-electron chi connectivity index (χ4n) is 7.64. The van der Waals surface area contributed by atoms with Crippen molar-refractivity contribution in [2.24, 2.45) is 0 Å². The Morgan fingerprint density at radius 2 is 0.980 bits per heavy atom. The number of para-hydroxylation sites is 1. The fraction of sp³-hybridized carbons (Fsp3) is 0. The predicted octanol–water partition coefficient (Wildman–Crippen LogP) is 11.9. The van der Waals surface area contributed by atoms with Gasteiger partial charge in [-0.2, -0.15) is 5.26 Å². The topological polar surface area (TPSA) is 41.6 Å². The van der Waals surface area contributed by atoms with Crippen LogP contribution in [0.4, 0.5) is 0 Å². The van der Waals surface area contributed by atoms with Crippen LogP contribution in [0.2, 0.25) is 0 Å². The first-order valence-corrected chi connectivity index (χ1v) is 16.5. The molecule has 226 valence electrons. The SMILES string of the molecule is N#Cc1ccc2c3ccc(-c4cc5ccc6cc(-c7cccc(-c8ccccc8)n7)cc7ccc(c4)c5c67)cc3n(-c3ccccc3)c2c1. The minimum atomic E-state index is 0.656. The summed E-state index contributed by atoms with van der Waals surface area (Å²) in [6, 6.07) is 60.3. The summed E-state index contributed by atoms with van der Waals surface area (Å²) in [5, 5.41) is 19.5. The van der Waals surface area contributed by atoms with E-state index in [4.69, 9.17) is 4.98 Å². The summed E-state index contributed by atoms with van der Waals surface area (Å²) >= 11 is 0. The average Bonchev–Trinajstić information content (AvgIpc) is 3.50. The maximum atomic E-state index is 9.68. The molecule has 3 nitrogen and oxygen atoms in total. The Kier molecular flexibility index (Phi) is 5.94. The average molecular weight is 622 g/mol. The van der Waals surface area contributed by atoms with Crippen LogP contribution in [0.3, 0.4) is 0 Å². The van der Waals surface area contributed by atoms with Crippen LogP contribution in [0.1, 0.15) is 5.56 Å². The van der Waals surface area contributed by atoms with Crippen molar-refractivity contribution in [3.63, 3.8) is 0 Å². The molecule has 0 unspecified atom stereocenters. The molecule has 8 aromatic carbocycles. The number of nitrogens with zero attached hydrogens (tertiary/aromatic N) is 3. The largest absolute Gasteiger partial charge is 0.309 e. The van der Waals surface area contributed by atoms with Gasteiger partial charge >= 0.3 is 0 Å². The summed E-state index contributed by atoms with van der Waals surface area (Å²) in [6.07, 6.45) is 0. The van der Waals surface area contributed by atoms with Crippen LogP contribution in [0.5, 0.6) is 0 Å². The van der Waals surface area contributed by atoms with Crippen molar-refractivity contribution in [2.45, 2.75) is 0 Å². The molecule has 0 saturated carbocycles. The molecule has 0 fully saturated rings. The fourth-order valence-corrected chi connectivity index (χ4v) is 7.64. The Balaban J connectivity index is 1.12. The first kappa shape index (κ1) is 27.4. The second-order valence-corrected chi connectivity index (χ2v) is 12.7. The molecule has 10 rings (SSSR count). The second-order valence-electron chi connectivity index (χ2n) is 12.7. The summed E-state index contributed by atoms with van der Waals surface area (Å²) in [5.74, 6) is 0. The van der Waals surface area contributed by atoms with Crippen molar-refractivity contribution in [1.82, 2.24) is 9.55 Å². The number of benzene rings is 8. The van der Waals surface area contributed by atoms with Crippen LogP contribution < -0.4 is 0 Å². The molecule has 0 atom stereocenters. The molecule has 2 aromatic heterocycles. The third-order valence-electron chi connectivity index (χ3n) is 9.89. The van der Waals surface area contributed by atoms with E-state index in [1.54, 1.807) is 0 Å². The summed E-state index contributed by atoms with van der Waals surface area (Å²) in [4.78, 5) is 5.05. The zero-order valence-electron chi connectivity index (χ0n) is 26.4. The van der Waals surface area contributed by atoms with Crippen LogP contribution in [0.15, 0.2) is 164 Å². The molecule has 0 N–H and O–H groups in total. The van der Waals surface area contributed by atoms with Crippen molar-refractivity contribution in [1.29, 1.82) is 5.26 Å². The standard InChI is InChI=1S/C46H27N3/c47-28-29-14-20-39-40-21-19-31(27-44(40)49(43(39)22-29)38-10-5-2-6-11-38)36-23-32-15-17-34-25-37(26-35-18-16-33(24-36)45(32)46(34)35)42-13-7-12-41(48-42)30-8-3-1-4-9-30/h1-27H. The van der Waals surface area contributed by atoms with E-state index in [0.29, 0.717) is 5.56 Å². The third-order valence-corrected chi connectivity index (χ3v) is 9.89. The molecular formula is C46H27N3. The molecule has 2 heterocycles. The van der Waals surface area contributed by atoms with E-state index in [2.05, 4.69) is 150 Å². The van der Waals surface area contributed by atoms with Crippen molar-refractivity contribution < 1.29 is 0 Å².